The van der Waals surface area contributed by atoms with Gasteiger partial charge in [-0.25, -0.2) is 0 Å². The largest absolute Gasteiger partial charge is 0.393 e. The average molecular weight is 371 g/mol. The van der Waals surface area contributed by atoms with Crippen molar-refractivity contribution in [2.45, 2.75) is 44.4 Å². The van der Waals surface area contributed by atoms with E-state index in [1.165, 1.54) is 0 Å². The van der Waals surface area contributed by atoms with Gasteiger partial charge in [-0.1, -0.05) is 46.4 Å². The summed E-state index contributed by atoms with van der Waals surface area (Å²) in [5.74, 6) is -1.23. The van der Waals surface area contributed by atoms with Crippen LogP contribution in [-0.2, 0) is 6.54 Å². The Morgan fingerprint density at radius 2 is 1.95 bits per heavy atom. The van der Waals surface area contributed by atoms with Crippen molar-refractivity contribution in [3.05, 3.63) is 33.3 Å². The number of halogens is 5. The zero-order valence-corrected chi connectivity index (χ0v) is 13.2. The van der Waals surface area contributed by atoms with E-state index in [2.05, 4.69) is 21.2 Å². The molecule has 2 atom stereocenters. The molecule has 0 aliphatic heterocycles. The fourth-order valence-electron chi connectivity index (χ4n) is 2.67. The third kappa shape index (κ3) is 4.12. The van der Waals surface area contributed by atoms with Crippen LogP contribution in [0.1, 0.15) is 31.2 Å². The summed E-state index contributed by atoms with van der Waals surface area (Å²) in [5.41, 5.74) is 0.917. The molecule has 1 N–H and O–H groups in total. The summed E-state index contributed by atoms with van der Waals surface area (Å²) in [6.07, 6.45) is -1.80. The Morgan fingerprint density at radius 3 is 2.60 bits per heavy atom. The van der Waals surface area contributed by atoms with Crippen molar-refractivity contribution in [1.82, 2.24) is 5.32 Å². The minimum atomic E-state index is -4.12. The molecule has 2 unspecified atom stereocenters. The first kappa shape index (κ1) is 16.1. The molecule has 112 valence electrons. The standard InChI is InChI=1S/C14H16BrClF3N/c15-12-7-10(16)6-5-9(12)8-20-13-4-2-1-3-11(13)14(17,18)19/h5-7,11,13,20H,1-4,8H2. The van der Waals surface area contributed by atoms with Gasteiger partial charge in [-0.2, -0.15) is 13.2 Å². The van der Waals surface area contributed by atoms with Gasteiger partial charge in [-0.15, -0.1) is 0 Å². The molecule has 0 radical (unpaired) electrons. The highest BCUT2D eigenvalue weighted by atomic mass is 79.9. The van der Waals surface area contributed by atoms with Gasteiger partial charge < -0.3 is 5.32 Å². The molecule has 0 saturated heterocycles. The molecule has 0 bridgehead atoms. The van der Waals surface area contributed by atoms with E-state index in [1.807, 2.05) is 6.07 Å². The Balaban J connectivity index is 2.01. The monoisotopic (exact) mass is 369 g/mol. The van der Waals surface area contributed by atoms with Gasteiger partial charge in [0.05, 0.1) is 5.92 Å². The van der Waals surface area contributed by atoms with Crippen LogP contribution < -0.4 is 5.32 Å². The number of alkyl halides is 3. The Labute approximate surface area is 130 Å². The molecule has 0 amide bonds. The van der Waals surface area contributed by atoms with Crippen LogP contribution in [0.3, 0.4) is 0 Å². The summed E-state index contributed by atoms with van der Waals surface area (Å²) in [7, 11) is 0. The van der Waals surface area contributed by atoms with E-state index >= 15 is 0 Å². The van der Waals surface area contributed by atoms with Crippen molar-refractivity contribution in [3.63, 3.8) is 0 Å². The zero-order valence-electron chi connectivity index (χ0n) is 10.8. The first-order valence-electron chi connectivity index (χ1n) is 6.62. The summed E-state index contributed by atoms with van der Waals surface area (Å²) in [5, 5.41) is 3.66. The van der Waals surface area contributed by atoms with Crippen LogP contribution in [0.15, 0.2) is 22.7 Å². The third-order valence-electron chi connectivity index (χ3n) is 3.76. The van der Waals surface area contributed by atoms with Crippen molar-refractivity contribution in [2.75, 3.05) is 0 Å². The maximum absolute atomic E-state index is 13.0. The lowest BCUT2D eigenvalue weighted by molar-refractivity contribution is -0.189. The first-order chi connectivity index (χ1) is 9.38. The summed E-state index contributed by atoms with van der Waals surface area (Å²) in [6.45, 7) is 0.412. The summed E-state index contributed by atoms with van der Waals surface area (Å²) < 4.78 is 39.8. The Bertz CT molecular complexity index is 464. The SMILES string of the molecule is FC(F)(F)C1CCCCC1NCc1ccc(Cl)cc1Br. The molecule has 20 heavy (non-hydrogen) atoms. The van der Waals surface area contributed by atoms with E-state index in [0.717, 1.165) is 16.5 Å². The number of hydrogen-bond donors (Lipinski definition) is 1. The minimum Gasteiger partial charge on any atom is -0.309 e. The Kier molecular flexibility index (Phi) is 5.37. The molecule has 0 heterocycles. The zero-order chi connectivity index (χ0) is 14.8. The van der Waals surface area contributed by atoms with Gasteiger partial charge in [0.15, 0.2) is 0 Å². The minimum absolute atomic E-state index is 0.225. The molecule has 1 fully saturated rings. The van der Waals surface area contributed by atoms with Gasteiger partial charge in [0, 0.05) is 22.1 Å². The van der Waals surface area contributed by atoms with E-state index in [4.69, 9.17) is 11.6 Å². The van der Waals surface area contributed by atoms with Crippen LogP contribution >= 0.6 is 27.5 Å². The topological polar surface area (TPSA) is 12.0 Å². The number of rotatable bonds is 3. The lowest BCUT2D eigenvalue weighted by atomic mass is 9.84. The van der Waals surface area contributed by atoms with E-state index in [0.29, 0.717) is 24.4 Å². The predicted molar refractivity (Wildman–Crippen MR) is 77.8 cm³/mol. The predicted octanol–water partition coefficient (Wildman–Crippen LogP) is 5.31. The van der Waals surface area contributed by atoms with Gasteiger partial charge in [-0.3, -0.25) is 0 Å². The number of hydrogen-bond acceptors (Lipinski definition) is 1. The van der Waals surface area contributed by atoms with Crippen molar-refractivity contribution in [2.24, 2.45) is 5.92 Å². The van der Waals surface area contributed by atoms with E-state index in [9.17, 15) is 13.2 Å². The molecule has 1 saturated carbocycles. The highest BCUT2D eigenvalue weighted by Crippen LogP contribution is 2.38. The second kappa shape index (κ2) is 6.67. The van der Waals surface area contributed by atoms with Crippen molar-refractivity contribution in [1.29, 1.82) is 0 Å². The molecule has 1 nitrogen and oxygen atoms in total. The molecule has 1 aromatic carbocycles. The van der Waals surface area contributed by atoms with Crippen molar-refractivity contribution >= 4 is 27.5 Å². The van der Waals surface area contributed by atoms with Gasteiger partial charge in [0.1, 0.15) is 0 Å². The Hall–Kier alpha value is -0.260. The first-order valence-corrected chi connectivity index (χ1v) is 7.79. The second-order valence-corrected chi connectivity index (χ2v) is 6.45. The highest BCUT2D eigenvalue weighted by Gasteiger charge is 2.45. The van der Waals surface area contributed by atoms with E-state index in [1.54, 1.807) is 12.1 Å². The van der Waals surface area contributed by atoms with Crippen LogP contribution in [0.2, 0.25) is 5.02 Å². The van der Waals surface area contributed by atoms with Crippen LogP contribution in [0.4, 0.5) is 13.2 Å². The van der Waals surface area contributed by atoms with Crippen LogP contribution in [0.5, 0.6) is 0 Å². The van der Waals surface area contributed by atoms with Crippen molar-refractivity contribution in [3.8, 4) is 0 Å². The molecular formula is C14H16BrClF3N. The maximum Gasteiger partial charge on any atom is 0.393 e. The summed E-state index contributed by atoms with van der Waals surface area (Å²) >= 11 is 9.23. The quantitative estimate of drug-likeness (QED) is 0.760. The molecular weight excluding hydrogens is 355 g/mol. The van der Waals surface area contributed by atoms with Crippen LogP contribution in [0.25, 0.3) is 0 Å². The van der Waals surface area contributed by atoms with Gasteiger partial charge in [0.2, 0.25) is 0 Å². The normalized spacial score (nSPS) is 23.9. The lowest BCUT2D eigenvalue weighted by Crippen LogP contribution is -2.45. The second-order valence-electron chi connectivity index (χ2n) is 5.16. The molecule has 0 aromatic heterocycles. The highest BCUT2D eigenvalue weighted by molar-refractivity contribution is 9.10. The van der Waals surface area contributed by atoms with Crippen molar-refractivity contribution < 1.29 is 13.2 Å². The van der Waals surface area contributed by atoms with Gasteiger partial charge >= 0.3 is 6.18 Å². The fourth-order valence-corrected chi connectivity index (χ4v) is 3.50. The van der Waals surface area contributed by atoms with E-state index in [-0.39, 0.29) is 6.42 Å². The molecule has 2 rings (SSSR count). The smallest absolute Gasteiger partial charge is 0.309 e. The van der Waals surface area contributed by atoms with Gasteiger partial charge in [-0.05, 0) is 30.5 Å². The van der Waals surface area contributed by atoms with E-state index < -0.39 is 18.1 Å². The van der Waals surface area contributed by atoms with Crippen LogP contribution in [-0.4, -0.2) is 12.2 Å². The Morgan fingerprint density at radius 1 is 1.25 bits per heavy atom. The third-order valence-corrected chi connectivity index (χ3v) is 4.73. The number of nitrogens with one attached hydrogen (secondary N) is 1. The molecule has 0 spiro atoms. The summed E-state index contributed by atoms with van der Waals surface area (Å²) in [6, 6.07) is 4.82. The number of benzene rings is 1. The molecule has 1 aliphatic rings. The molecule has 1 aromatic rings. The summed E-state index contributed by atoms with van der Waals surface area (Å²) in [4.78, 5) is 0. The maximum atomic E-state index is 13.0. The average Bonchev–Trinajstić information content (AvgIpc) is 2.37. The lowest BCUT2D eigenvalue weighted by Gasteiger charge is -2.33. The van der Waals surface area contributed by atoms with Gasteiger partial charge in [0.25, 0.3) is 0 Å². The molecule has 6 heteroatoms. The fraction of sp³-hybridized carbons (Fsp3) is 0.571. The van der Waals surface area contributed by atoms with Crippen LogP contribution in [0, 0.1) is 5.92 Å². The molecule has 1 aliphatic carbocycles.